The van der Waals surface area contributed by atoms with Crippen LogP contribution >= 0.6 is 34.7 Å². The molecule has 5 aromatic rings. The van der Waals surface area contributed by atoms with Gasteiger partial charge in [0.15, 0.2) is 0 Å². The van der Waals surface area contributed by atoms with Gasteiger partial charge in [0.25, 0.3) is 0 Å². The Morgan fingerprint density at radius 3 is 2.43 bits per heavy atom. The molecular formula is C33H24ClN3O5S2. The van der Waals surface area contributed by atoms with Gasteiger partial charge in [0, 0.05) is 32.5 Å². The van der Waals surface area contributed by atoms with Crippen LogP contribution in [0.1, 0.15) is 16.4 Å². The predicted molar refractivity (Wildman–Crippen MR) is 173 cm³/mol. The van der Waals surface area contributed by atoms with Crippen molar-refractivity contribution < 1.29 is 19.1 Å². The standard InChI is InChI=1S/C33H24ClN3O5S2/c1-42-24-12-5-4-10-22(24)26-27-28(31(40)37(30(27)39)20-15-13-19(34)14-16-20)43-32-29(26)44-33(41)36(32)17-25(38)35-23-11-6-8-18-7-2-3-9-21(18)23/h2-16,26-28H,17H2,1H3,(H,35,38)/t26-,27?,28?/m1/s1. The molecule has 1 N–H and O–H groups in total. The molecule has 2 unspecified atom stereocenters. The van der Waals surface area contributed by atoms with Crippen LogP contribution in [0.2, 0.25) is 5.02 Å². The highest BCUT2D eigenvalue weighted by Crippen LogP contribution is 2.55. The maximum atomic E-state index is 14.1. The van der Waals surface area contributed by atoms with Crippen LogP contribution in [-0.4, -0.2) is 34.6 Å². The Balaban J connectivity index is 1.30. The van der Waals surface area contributed by atoms with Gasteiger partial charge in [0.2, 0.25) is 17.7 Å². The molecule has 0 spiro atoms. The molecule has 0 aliphatic carbocycles. The maximum absolute atomic E-state index is 14.1. The number of nitrogens with zero attached hydrogens (tertiary/aromatic N) is 2. The number of methoxy groups -OCH3 is 1. The second-order valence-corrected chi connectivity index (χ2v) is 13.0. The number of rotatable bonds is 6. The molecule has 3 heterocycles. The first-order chi connectivity index (χ1) is 21.4. The minimum atomic E-state index is -0.818. The van der Waals surface area contributed by atoms with E-state index in [0.717, 1.165) is 22.1 Å². The molecule has 7 rings (SSSR count). The molecule has 1 saturated heterocycles. The highest BCUT2D eigenvalue weighted by Gasteiger charge is 2.57. The Morgan fingerprint density at radius 2 is 1.64 bits per heavy atom. The number of carbonyl (C=O) groups is 3. The predicted octanol–water partition coefficient (Wildman–Crippen LogP) is 6.16. The van der Waals surface area contributed by atoms with E-state index in [1.54, 1.807) is 37.4 Å². The molecule has 44 heavy (non-hydrogen) atoms. The third-order valence-electron chi connectivity index (χ3n) is 7.97. The highest BCUT2D eigenvalue weighted by atomic mass is 35.5. The number of ether oxygens (including phenoxy) is 1. The van der Waals surface area contributed by atoms with Crippen molar-refractivity contribution in [3.63, 3.8) is 0 Å². The van der Waals surface area contributed by atoms with E-state index in [9.17, 15) is 19.2 Å². The van der Waals surface area contributed by atoms with Crippen LogP contribution in [0.25, 0.3) is 10.8 Å². The Labute approximate surface area is 265 Å². The van der Waals surface area contributed by atoms with Crippen molar-refractivity contribution in [1.82, 2.24) is 4.57 Å². The van der Waals surface area contributed by atoms with Crippen LogP contribution in [0.15, 0.2) is 101 Å². The van der Waals surface area contributed by atoms with Crippen LogP contribution in [0.5, 0.6) is 5.75 Å². The molecule has 3 atom stereocenters. The van der Waals surface area contributed by atoms with Crippen molar-refractivity contribution in [2.45, 2.75) is 22.7 Å². The molecule has 0 bridgehead atoms. The fourth-order valence-corrected chi connectivity index (χ4v) is 8.92. The minimum absolute atomic E-state index is 0.250. The zero-order valence-electron chi connectivity index (χ0n) is 23.2. The number of imide groups is 1. The van der Waals surface area contributed by atoms with Gasteiger partial charge >= 0.3 is 4.87 Å². The monoisotopic (exact) mass is 641 g/mol. The number of anilines is 2. The molecular weight excluding hydrogens is 618 g/mol. The summed E-state index contributed by atoms with van der Waals surface area (Å²) in [5.41, 5.74) is 1.76. The minimum Gasteiger partial charge on any atom is -0.496 e. The topological polar surface area (TPSA) is 97.7 Å². The quantitative estimate of drug-likeness (QED) is 0.223. The van der Waals surface area contributed by atoms with E-state index in [0.29, 0.717) is 37.6 Å². The van der Waals surface area contributed by atoms with Gasteiger partial charge < -0.3 is 10.1 Å². The molecule has 11 heteroatoms. The zero-order chi connectivity index (χ0) is 30.5. The molecule has 4 aromatic carbocycles. The molecule has 0 saturated carbocycles. The van der Waals surface area contributed by atoms with E-state index < -0.39 is 17.1 Å². The van der Waals surface area contributed by atoms with E-state index in [1.807, 2.05) is 60.7 Å². The van der Waals surface area contributed by atoms with Gasteiger partial charge in [-0.15, -0.1) is 0 Å². The lowest BCUT2D eigenvalue weighted by atomic mass is 9.82. The lowest BCUT2D eigenvalue weighted by molar-refractivity contribution is -0.122. The van der Waals surface area contributed by atoms with Crippen molar-refractivity contribution in [3.8, 4) is 5.75 Å². The van der Waals surface area contributed by atoms with Crippen LogP contribution in [0, 0.1) is 5.92 Å². The molecule has 2 aliphatic rings. The smallest absolute Gasteiger partial charge is 0.308 e. The van der Waals surface area contributed by atoms with Crippen molar-refractivity contribution in [3.05, 3.63) is 116 Å². The summed E-state index contributed by atoms with van der Waals surface area (Å²) in [5, 5.41) is 4.98. The Bertz CT molecular complexity index is 2020. The van der Waals surface area contributed by atoms with E-state index in [2.05, 4.69) is 5.32 Å². The Morgan fingerprint density at radius 1 is 0.909 bits per heavy atom. The number of nitrogens with one attached hydrogen (secondary N) is 1. The van der Waals surface area contributed by atoms with Crippen molar-refractivity contribution >= 4 is 74.6 Å². The first kappa shape index (κ1) is 28.4. The molecule has 0 radical (unpaired) electrons. The zero-order valence-corrected chi connectivity index (χ0v) is 25.6. The van der Waals surface area contributed by atoms with E-state index in [-0.39, 0.29) is 29.1 Å². The second kappa shape index (κ2) is 11.3. The summed E-state index contributed by atoms with van der Waals surface area (Å²) in [6.07, 6.45) is 0. The van der Waals surface area contributed by atoms with E-state index >= 15 is 0 Å². The SMILES string of the molecule is COc1ccccc1[C@H]1c2sc(=O)n(CC(=O)Nc3cccc4ccccc34)c2SC2C(=O)N(c3ccc(Cl)cc3)C(=O)C21. The number of para-hydroxylation sites is 1. The Kier molecular flexibility index (Phi) is 7.28. The summed E-state index contributed by atoms with van der Waals surface area (Å²) in [5.74, 6) is -2.01. The second-order valence-electron chi connectivity index (χ2n) is 10.5. The maximum Gasteiger partial charge on any atom is 0.308 e. The van der Waals surface area contributed by atoms with Gasteiger partial charge in [0.05, 0.1) is 23.7 Å². The number of carbonyl (C=O) groups excluding carboxylic acids is 3. The van der Waals surface area contributed by atoms with Crippen LogP contribution in [0.4, 0.5) is 11.4 Å². The Hall–Kier alpha value is -4.38. The fraction of sp³-hybridized carbons (Fsp3) is 0.152. The van der Waals surface area contributed by atoms with Crippen molar-refractivity contribution in [2.75, 3.05) is 17.3 Å². The van der Waals surface area contributed by atoms with Crippen LogP contribution < -0.4 is 19.8 Å². The fourth-order valence-electron chi connectivity index (χ4n) is 6.03. The average Bonchev–Trinajstić information content (AvgIpc) is 3.48. The number of fused-ring (bicyclic) bond motifs is 3. The van der Waals surface area contributed by atoms with Gasteiger partial charge in [-0.05, 0) is 41.8 Å². The van der Waals surface area contributed by atoms with Gasteiger partial charge in [-0.2, -0.15) is 0 Å². The van der Waals surface area contributed by atoms with Gasteiger partial charge in [-0.25, -0.2) is 4.90 Å². The molecule has 1 aromatic heterocycles. The summed E-state index contributed by atoms with van der Waals surface area (Å²) in [6.45, 7) is -0.250. The summed E-state index contributed by atoms with van der Waals surface area (Å²) in [4.78, 5) is 56.4. The van der Waals surface area contributed by atoms with Gasteiger partial charge in [-0.3, -0.25) is 23.7 Å². The molecule has 8 nitrogen and oxygen atoms in total. The van der Waals surface area contributed by atoms with Crippen LogP contribution in [0.3, 0.4) is 0 Å². The number of aromatic nitrogens is 1. The first-order valence-electron chi connectivity index (χ1n) is 13.8. The first-order valence-corrected chi connectivity index (χ1v) is 15.9. The number of thioether (sulfide) groups is 1. The highest BCUT2D eigenvalue weighted by molar-refractivity contribution is 8.00. The van der Waals surface area contributed by atoms with Gasteiger partial charge in [0.1, 0.15) is 17.5 Å². The normalized spacial score (nSPS) is 19.1. The molecule has 1 fully saturated rings. The number of amides is 3. The lowest BCUT2D eigenvalue weighted by Gasteiger charge is -2.31. The summed E-state index contributed by atoms with van der Waals surface area (Å²) in [7, 11) is 1.54. The van der Waals surface area contributed by atoms with Crippen molar-refractivity contribution in [1.29, 1.82) is 0 Å². The number of hydrogen-bond acceptors (Lipinski definition) is 7. The molecule has 220 valence electrons. The third kappa shape index (κ3) is 4.70. The molecule has 2 aliphatic heterocycles. The van der Waals surface area contributed by atoms with E-state index in [4.69, 9.17) is 16.3 Å². The summed E-state index contributed by atoms with van der Waals surface area (Å²) in [6, 6.07) is 27.2. The summed E-state index contributed by atoms with van der Waals surface area (Å²) < 4.78 is 7.09. The number of halogens is 1. The lowest BCUT2D eigenvalue weighted by Crippen LogP contribution is -2.33. The van der Waals surface area contributed by atoms with Gasteiger partial charge in [-0.1, -0.05) is 89.3 Å². The average molecular weight is 642 g/mol. The number of thiazole rings is 1. The van der Waals surface area contributed by atoms with Crippen molar-refractivity contribution in [2.24, 2.45) is 5.92 Å². The summed E-state index contributed by atoms with van der Waals surface area (Å²) >= 11 is 8.24. The van der Waals surface area contributed by atoms with Crippen LogP contribution in [-0.2, 0) is 20.9 Å². The molecule has 3 amide bonds. The van der Waals surface area contributed by atoms with E-state index in [1.165, 1.54) is 21.2 Å². The number of hydrogen-bond donors (Lipinski definition) is 1. The number of benzene rings is 4. The third-order valence-corrected chi connectivity index (χ3v) is 10.8. The largest absolute Gasteiger partial charge is 0.496 e.